The van der Waals surface area contributed by atoms with Gasteiger partial charge in [0, 0.05) is 6.61 Å². The van der Waals surface area contributed by atoms with E-state index in [1.165, 1.54) is 40.8 Å². The lowest BCUT2D eigenvalue weighted by Gasteiger charge is -2.33. The van der Waals surface area contributed by atoms with Gasteiger partial charge < -0.3 is 4.43 Å². The highest BCUT2D eigenvalue weighted by Crippen LogP contribution is 2.29. The summed E-state index contributed by atoms with van der Waals surface area (Å²) in [6.45, 7) is 7.24. The zero-order valence-corrected chi connectivity index (χ0v) is 13.6. The first-order valence-electron chi connectivity index (χ1n) is 7.70. The average molecular weight is 294 g/mol. The van der Waals surface area contributed by atoms with E-state index >= 15 is 0 Å². The summed E-state index contributed by atoms with van der Waals surface area (Å²) < 4.78 is 6.30. The maximum absolute atomic E-state index is 6.30. The molecule has 1 aliphatic rings. The Morgan fingerprint density at radius 2 is 1.71 bits per heavy atom. The first-order chi connectivity index (χ1) is 10.2. The topological polar surface area (TPSA) is 9.23 Å². The van der Waals surface area contributed by atoms with E-state index in [9.17, 15) is 0 Å². The Labute approximate surface area is 128 Å². The van der Waals surface area contributed by atoms with Crippen molar-refractivity contribution in [1.82, 2.24) is 0 Å². The van der Waals surface area contributed by atoms with Gasteiger partial charge in [-0.15, -0.1) is 0 Å². The van der Waals surface area contributed by atoms with Gasteiger partial charge in [0.05, 0.1) is 0 Å². The van der Waals surface area contributed by atoms with Gasteiger partial charge in [0.1, 0.15) is 0 Å². The molecule has 2 heteroatoms. The largest absolute Gasteiger partial charge is 0.413 e. The second-order valence-electron chi connectivity index (χ2n) is 5.87. The second kappa shape index (κ2) is 6.00. The third kappa shape index (κ3) is 2.74. The van der Waals surface area contributed by atoms with E-state index in [-0.39, 0.29) is 0 Å². The molecule has 0 aromatic heterocycles. The van der Waals surface area contributed by atoms with Crippen LogP contribution in [0.1, 0.15) is 18.4 Å². The fourth-order valence-electron chi connectivity index (χ4n) is 3.25. The number of hydrogen-bond acceptors (Lipinski definition) is 1. The van der Waals surface area contributed by atoms with E-state index in [1.54, 1.807) is 0 Å². The molecule has 21 heavy (non-hydrogen) atoms. The van der Waals surface area contributed by atoms with Crippen LogP contribution in [0.3, 0.4) is 0 Å². The number of hydrogen-bond donors (Lipinski definition) is 0. The van der Waals surface area contributed by atoms with Crippen molar-refractivity contribution in [3.63, 3.8) is 0 Å². The van der Waals surface area contributed by atoms with Crippen LogP contribution >= 0.6 is 0 Å². The van der Waals surface area contributed by atoms with Crippen LogP contribution in [0.25, 0.3) is 17.2 Å². The maximum Gasteiger partial charge on any atom is 0.221 e. The van der Waals surface area contributed by atoms with Crippen LogP contribution in [-0.2, 0) is 4.43 Å². The standard InChI is InChI=1S/C19H22OSi/c1-3-16-10-4-5-11-17(16)18-12-6-7-13-19(18)21(2)15-9-8-14-20-21/h3-7,10-13H,1,8-9,14-15H2,2H3. The molecule has 0 bridgehead atoms. The van der Waals surface area contributed by atoms with Crippen molar-refractivity contribution >= 4 is 19.6 Å². The third-order valence-electron chi connectivity index (χ3n) is 4.44. The third-order valence-corrected chi connectivity index (χ3v) is 8.16. The second-order valence-corrected chi connectivity index (χ2v) is 9.66. The molecule has 0 saturated carbocycles. The Kier molecular flexibility index (Phi) is 4.09. The molecule has 1 atom stereocenters. The first kappa shape index (κ1) is 14.3. The predicted octanol–water partition coefficient (Wildman–Crippen LogP) is 4.59. The van der Waals surface area contributed by atoms with E-state index in [0.29, 0.717) is 0 Å². The van der Waals surface area contributed by atoms with Gasteiger partial charge in [-0.1, -0.05) is 67.6 Å². The minimum atomic E-state index is -1.81. The van der Waals surface area contributed by atoms with Crippen molar-refractivity contribution in [3.8, 4) is 11.1 Å². The molecule has 2 aromatic carbocycles. The van der Waals surface area contributed by atoms with Crippen molar-refractivity contribution in [2.45, 2.75) is 25.4 Å². The molecule has 0 radical (unpaired) electrons. The van der Waals surface area contributed by atoms with Gasteiger partial charge in [-0.2, -0.15) is 0 Å². The highest BCUT2D eigenvalue weighted by Gasteiger charge is 2.35. The molecule has 2 aromatic rings. The highest BCUT2D eigenvalue weighted by molar-refractivity contribution is 6.86. The molecular weight excluding hydrogens is 272 g/mol. The van der Waals surface area contributed by atoms with Crippen molar-refractivity contribution in [2.75, 3.05) is 6.61 Å². The van der Waals surface area contributed by atoms with Crippen LogP contribution < -0.4 is 5.19 Å². The molecular formula is C19H22OSi. The molecule has 1 nitrogen and oxygen atoms in total. The van der Waals surface area contributed by atoms with Gasteiger partial charge in [-0.25, -0.2) is 0 Å². The summed E-state index contributed by atoms with van der Waals surface area (Å²) in [6.07, 6.45) is 4.44. The molecule has 0 amide bonds. The summed E-state index contributed by atoms with van der Waals surface area (Å²) >= 11 is 0. The van der Waals surface area contributed by atoms with Crippen LogP contribution in [0.2, 0.25) is 12.6 Å². The Hall–Kier alpha value is -1.64. The monoisotopic (exact) mass is 294 g/mol. The van der Waals surface area contributed by atoms with E-state index in [1.807, 2.05) is 6.08 Å². The van der Waals surface area contributed by atoms with Gasteiger partial charge in [0.15, 0.2) is 0 Å². The van der Waals surface area contributed by atoms with Crippen LogP contribution in [0.5, 0.6) is 0 Å². The average Bonchev–Trinajstić information content (AvgIpc) is 2.55. The van der Waals surface area contributed by atoms with E-state index in [2.05, 4.69) is 61.7 Å². The fourth-order valence-corrected chi connectivity index (χ4v) is 6.57. The predicted molar refractivity (Wildman–Crippen MR) is 93.2 cm³/mol. The lowest BCUT2D eigenvalue weighted by atomic mass is 10.00. The Bertz CT molecular complexity index is 642. The van der Waals surface area contributed by atoms with Gasteiger partial charge in [0.2, 0.25) is 8.32 Å². The summed E-state index contributed by atoms with van der Waals surface area (Å²) in [4.78, 5) is 0. The summed E-state index contributed by atoms with van der Waals surface area (Å²) in [5.74, 6) is 0. The van der Waals surface area contributed by atoms with E-state index in [4.69, 9.17) is 4.43 Å². The van der Waals surface area contributed by atoms with Crippen molar-refractivity contribution in [1.29, 1.82) is 0 Å². The highest BCUT2D eigenvalue weighted by atomic mass is 28.4. The lowest BCUT2D eigenvalue weighted by Crippen LogP contribution is -2.50. The molecule has 3 rings (SSSR count). The van der Waals surface area contributed by atoms with Crippen LogP contribution in [0.15, 0.2) is 55.1 Å². The molecule has 0 spiro atoms. The van der Waals surface area contributed by atoms with Gasteiger partial charge in [-0.3, -0.25) is 0 Å². The molecule has 1 saturated heterocycles. The molecule has 0 aliphatic carbocycles. The molecule has 1 fully saturated rings. The molecule has 1 unspecified atom stereocenters. The summed E-state index contributed by atoms with van der Waals surface area (Å²) in [5, 5.41) is 1.43. The van der Waals surface area contributed by atoms with Gasteiger partial charge in [0.25, 0.3) is 0 Å². The van der Waals surface area contributed by atoms with Crippen molar-refractivity contribution in [3.05, 3.63) is 60.7 Å². The summed E-state index contributed by atoms with van der Waals surface area (Å²) in [6, 6.07) is 18.5. The van der Waals surface area contributed by atoms with Crippen molar-refractivity contribution in [2.24, 2.45) is 0 Å². The van der Waals surface area contributed by atoms with E-state index < -0.39 is 8.32 Å². The first-order valence-corrected chi connectivity index (χ1v) is 10.3. The minimum absolute atomic E-state index is 0.917. The molecule has 1 heterocycles. The Balaban J connectivity index is 2.14. The molecule has 108 valence electrons. The summed E-state index contributed by atoms with van der Waals surface area (Å²) in [7, 11) is -1.81. The van der Waals surface area contributed by atoms with E-state index in [0.717, 1.165) is 6.61 Å². The van der Waals surface area contributed by atoms with Crippen LogP contribution in [0.4, 0.5) is 0 Å². The Morgan fingerprint density at radius 1 is 1.00 bits per heavy atom. The molecule has 1 aliphatic heterocycles. The minimum Gasteiger partial charge on any atom is -0.413 e. The van der Waals surface area contributed by atoms with Crippen LogP contribution in [-0.4, -0.2) is 14.9 Å². The normalized spacial score (nSPS) is 22.0. The molecule has 0 N–H and O–H groups in total. The smallest absolute Gasteiger partial charge is 0.221 e. The SMILES string of the molecule is C=Cc1ccccc1-c1ccccc1[Si]1(C)CCCCO1. The van der Waals surface area contributed by atoms with Gasteiger partial charge >= 0.3 is 0 Å². The van der Waals surface area contributed by atoms with Crippen LogP contribution in [0, 0.1) is 0 Å². The zero-order chi connectivity index (χ0) is 14.7. The van der Waals surface area contributed by atoms with Gasteiger partial charge in [-0.05, 0) is 40.9 Å². The number of rotatable bonds is 3. The zero-order valence-electron chi connectivity index (χ0n) is 12.6. The lowest BCUT2D eigenvalue weighted by molar-refractivity contribution is 0.279. The van der Waals surface area contributed by atoms with Crippen molar-refractivity contribution < 1.29 is 4.43 Å². The number of benzene rings is 2. The quantitative estimate of drug-likeness (QED) is 0.752. The Morgan fingerprint density at radius 3 is 2.43 bits per heavy atom. The fraction of sp³-hybridized carbons (Fsp3) is 0.263. The summed E-state index contributed by atoms with van der Waals surface area (Å²) in [5.41, 5.74) is 3.79. The maximum atomic E-state index is 6.30.